The van der Waals surface area contributed by atoms with Crippen LogP contribution in [0.3, 0.4) is 0 Å². The molecule has 0 saturated heterocycles. The Balaban J connectivity index is 1.46. The van der Waals surface area contributed by atoms with Crippen molar-refractivity contribution in [2.75, 3.05) is 6.54 Å². The summed E-state index contributed by atoms with van der Waals surface area (Å²) < 4.78 is 0. The molecule has 1 aliphatic carbocycles. The van der Waals surface area contributed by atoms with Crippen molar-refractivity contribution in [1.82, 2.24) is 15.3 Å². The van der Waals surface area contributed by atoms with E-state index in [1.54, 1.807) is 0 Å². The molecule has 0 amide bonds. The van der Waals surface area contributed by atoms with E-state index in [1.165, 1.54) is 19.3 Å². The number of nitrogens with one attached hydrogen (secondary N) is 2. The lowest BCUT2D eigenvalue weighted by molar-refractivity contribution is 0.445. The van der Waals surface area contributed by atoms with Crippen molar-refractivity contribution in [3.63, 3.8) is 0 Å². The molecule has 1 saturated carbocycles. The maximum atomic E-state index is 4.61. The first kappa shape index (κ1) is 12.7. The second-order valence-electron chi connectivity index (χ2n) is 5.61. The summed E-state index contributed by atoms with van der Waals surface area (Å²) in [6.07, 6.45) is 6.30. The third-order valence-corrected chi connectivity index (χ3v) is 4.07. The topological polar surface area (TPSA) is 40.7 Å². The largest absolute Gasteiger partial charge is 0.342 e. The number of fused-ring (bicyclic) bond motifs is 1. The van der Waals surface area contributed by atoms with Gasteiger partial charge in [0.1, 0.15) is 5.82 Å². The van der Waals surface area contributed by atoms with Crippen molar-refractivity contribution >= 4 is 11.0 Å². The van der Waals surface area contributed by atoms with Gasteiger partial charge in [-0.3, -0.25) is 0 Å². The highest BCUT2D eigenvalue weighted by Crippen LogP contribution is 2.33. The van der Waals surface area contributed by atoms with Gasteiger partial charge in [0.25, 0.3) is 0 Å². The molecule has 2 N–H and O–H groups in total. The number of H-pyrrole nitrogens is 1. The van der Waals surface area contributed by atoms with Gasteiger partial charge in [-0.2, -0.15) is 0 Å². The molecule has 1 atom stereocenters. The SMILES string of the molecule is CCC(NCCCc1nc2ccccc2[nH]1)C1CC1. The van der Waals surface area contributed by atoms with Gasteiger partial charge < -0.3 is 10.3 Å². The number of hydrogen-bond donors (Lipinski definition) is 2. The quantitative estimate of drug-likeness (QED) is 0.747. The molecule has 19 heavy (non-hydrogen) atoms. The molecule has 3 heteroatoms. The third kappa shape index (κ3) is 3.16. The predicted octanol–water partition coefficient (Wildman–Crippen LogP) is 3.27. The molecular formula is C16H23N3. The highest BCUT2D eigenvalue weighted by molar-refractivity contribution is 5.74. The zero-order valence-corrected chi connectivity index (χ0v) is 11.7. The van der Waals surface area contributed by atoms with Crippen molar-refractivity contribution in [3.8, 4) is 0 Å². The minimum Gasteiger partial charge on any atom is -0.342 e. The Morgan fingerprint density at radius 2 is 2.21 bits per heavy atom. The number of imidazole rings is 1. The number of para-hydroxylation sites is 2. The Labute approximate surface area is 114 Å². The van der Waals surface area contributed by atoms with Crippen LogP contribution in [0, 0.1) is 5.92 Å². The van der Waals surface area contributed by atoms with E-state index in [-0.39, 0.29) is 0 Å². The van der Waals surface area contributed by atoms with Crippen LogP contribution in [0.2, 0.25) is 0 Å². The van der Waals surface area contributed by atoms with E-state index in [1.807, 2.05) is 12.1 Å². The molecule has 0 spiro atoms. The first-order valence-electron chi connectivity index (χ1n) is 7.54. The van der Waals surface area contributed by atoms with E-state index in [0.717, 1.165) is 48.2 Å². The number of aromatic amines is 1. The summed E-state index contributed by atoms with van der Waals surface area (Å²) in [5.41, 5.74) is 2.23. The van der Waals surface area contributed by atoms with E-state index in [4.69, 9.17) is 0 Å². The molecule has 0 aliphatic heterocycles. The van der Waals surface area contributed by atoms with E-state index >= 15 is 0 Å². The third-order valence-electron chi connectivity index (χ3n) is 4.07. The van der Waals surface area contributed by atoms with Crippen LogP contribution >= 0.6 is 0 Å². The lowest BCUT2D eigenvalue weighted by Crippen LogP contribution is -2.31. The van der Waals surface area contributed by atoms with E-state index < -0.39 is 0 Å². The van der Waals surface area contributed by atoms with Gasteiger partial charge in [-0.1, -0.05) is 19.1 Å². The Morgan fingerprint density at radius 1 is 1.37 bits per heavy atom. The Hall–Kier alpha value is -1.35. The van der Waals surface area contributed by atoms with Crippen LogP contribution in [0.25, 0.3) is 11.0 Å². The smallest absolute Gasteiger partial charge is 0.107 e. The molecule has 3 nitrogen and oxygen atoms in total. The summed E-state index contributed by atoms with van der Waals surface area (Å²) in [5.74, 6) is 2.07. The van der Waals surface area contributed by atoms with Crippen molar-refractivity contribution in [2.24, 2.45) is 5.92 Å². The first-order chi connectivity index (χ1) is 9.36. The van der Waals surface area contributed by atoms with Crippen molar-refractivity contribution < 1.29 is 0 Å². The van der Waals surface area contributed by atoms with Gasteiger partial charge in [0, 0.05) is 12.5 Å². The summed E-state index contributed by atoms with van der Waals surface area (Å²) in [6.45, 7) is 3.39. The van der Waals surface area contributed by atoms with Crippen LogP contribution in [-0.2, 0) is 6.42 Å². The molecule has 1 heterocycles. The van der Waals surface area contributed by atoms with Gasteiger partial charge >= 0.3 is 0 Å². The lowest BCUT2D eigenvalue weighted by atomic mass is 10.1. The fourth-order valence-electron chi connectivity index (χ4n) is 2.81. The highest BCUT2D eigenvalue weighted by Gasteiger charge is 2.29. The van der Waals surface area contributed by atoms with Gasteiger partial charge in [-0.05, 0) is 50.3 Å². The molecule has 1 fully saturated rings. The minimum atomic E-state index is 0.746. The van der Waals surface area contributed by atoms with Crippen LogP contribution < -0.4 is 5.32 Å². The highest BCUT2D eigenvalue weighted by atomic mass is 14.9. The number of benzene rings is 1. The molecule has 1 aliphatic rings. The van der Waals surface area contributed by atoms with Gasteiger partial charge in [-0.25, -0.2) is 4.98 Å². The maximum absolute atomic E-state index is 4.61. The summed E-state index contributed by atoms with van der Waals surface area (Å²) in [5, 5.41) is 3.69. The molecule has 1 unspecified atom stereocenters. The number of hydrogen-bond acceptors (Lipinski definition) is 2. The van der Waals surface area contributed by atoms with E-state index in [9.17, 15) is 0 Å². The van der Waals surface area contributed by atoms with Crippen molar-refractivity contribution in [1.29, 1.82) is 0 Å². The van der Waals surface area contributed by atoms with Crippen LogP contribution in [0.5, 0.6) is 0 Å². The molecule has 0 bridgehead atoms. The molecule has 1 aromatic carbocycles. The van der Waals surface area contributed by atoms with Crippen LogP contribution in [-0.4, -0.2) is 22.6 Å². The molecule has 3 rings (SSSR count). The zero-order chi connectivity index (χ0) is 13.1. The molecule has 2 aromatic rings. The molecule has 102 valence electrons. The average Bonchev–Trinajstić information content (AvgIpc) is 3.18. The summed E-state index contributed by atoms with van der Waals surface area (Å²) in [6, 6.07) is 8.98. The van der Waals surface area contributed by atoms with E-state index in [2.05, 4.69) is 34.3 Å². The standard InChI is InChI=1S/C16H23N3/c1-2-13(12-9-10-12)17-11-5-8-16-18-14-6-3-4-7-15(14)19-16/h3-4,6-7,12-13,17H,2,5,8-11H2,1H3,(H,18,19). The normalized spacial score (nSPS) is 16.9. The number of rotatable bonds is 7. The number of aromatic nitrogens is 2. The maximum Gasteiger partial charge on any atom is 0.107 e. The second-order valence-corrected chi connectivity index (χ2v) is 5.61. The summed E-state index contributed by atoms with van der Waals surface area (Å²) in [7, 11) is 0. The second kappa shape index (κ2) is 5.74. The Bertz CT molecular complexity index is 495. The van der Waals surface area contributed by atoms with E-state index in [0.29, 0.717) is 0 Å². The van der Waals surface area contributed by atoms with Crippen LogP contribution in [0.15, 0.2) is 24.3 Å². The molecular weight excluding hydrogens is 234 g/mol. The van der Waals surface area contributed by atoms with Gasteiger partial charge in [0.15, 0.2) is 0 Å². The summed E-state index contributed by atoms with van der Waals surface area (Å²) in [4.78, 5) is 8.01. The Morgan fingerprint density at radius 3 is 2.95 bits per heavy atom. The molecule has 0 radical (unpaired) electrons. The lowest BCUT2D eigenvalue weighted by Gasteiger charge is -2.15. The monoisotopic (exact) mass is 257 g/mol. The Kier molecular flexibility index (Phi) is 3.83. The van der Waals surface area contributed by atoms with Gasteiger partial charge in [0.2, 0.25) is 0 Å². The zero-order valence-electron chi connectivity index (χ0n) is 11.7. The van der Waals surface area contributed by atoms with Crippen molar-refractivity contribution in [3.05, 3.63) is 30.1 Å². The minimum absolute atomic E-state index is 0.746. The van der Waals surface area contributed by atoms with Crippen LogP contribution in [0.4, 0.5) is 0 Å². The number of aryl methyl sites for hydroxylation is 1. The fourth-order valence-corrected chi connectivity index (χ4v) is 2.81. The van der Waals surface area contributed by atoms with Crippen molar-refractivity contribution in [2.45, 2.75) is 45.1 Å². The van der Waals surface area contributed by atoms with Crippen LogP contribution in [0.1, 0.15) is 38.4 Å². The number of nitrogens with zero attached hydrogens (tertiary/aromatic N) is 1. The predicted molar refractivity (Wildman–Crippen MR) is 79.2 cm³/mol. The fraction of sp³-hybridized carbons (Fsp3) is 0.562. The first-order valence-corrected chi connectivity index (χ1v) is 7.54. The molecule has 1 aromatic heterocycles. The van der Waals surface area contributed by atoms with Gasteiger partial charge in [0.05, 0.1) is 11.0 Å². The summed E-state index contributed by atoms with van der Waals surface area (Å²) >= 11 is 0. The van der Waals surface area contributed by atoms with Gasteiger partial charge in [-0.15, -0.1) is 0 Å². The average molecular weight is 257 g/mol.